The van der Waals surface area contributed by atoms with Crippen LogP contribution < -0.4 is 5.32 Å². The zero-order chi connectivity index (χ0) is 15.4. The van der Waals surface area contributed by atoms with Crippen LogP contribution in [0, 0.1) is 0 Å². The third kappa shape index (κ3) is 4.26. The summed E-state index contributed by atoms with van der Waals surface area (Å²) < 4.78 is 0. The van der Waals surface area contributed by atoms with Crippen molar-refractivity contribution in [3.8, 4) is 0 Å². The lowest BCUT2D eigenvalue weighted by Gasteiger charge is -2.09. The summed E-state index contributed by atoms with van der Waals surface area (Å²) in [5.41, 5.74) is 2.80. The minimum Gasteiger partial charge on any atom is -0.348 e. The molecule has 0 bridgehead atoms. The van der Waals surface area contributed by atoms with Gasteiger partial charge in [-0.15, -0.1) is 12.6 Å². The fourth-order valence-corrected chi connectivity index (χ4v) is 2.39. The maximum absolute atomic E-state index is 12.1. The van der Waals surface area contributed by atoms with Gasteiger partial charge in [-0.05, 0) is 35.2 Å². The van der Waals surface area contributed by atoms with E-state index in [0.717, 1.165) is 5.56 Å². The Bertz CT molecular complexity index is 638. The summed E-state index contributed by atoms with van der Waals surface area (Å²) in [4.78, 5) is 12.9. The summed E-state index contributed by atoms with van der Waals surface area (Å²) in [6, 6.07) is 13.4. The average molecular weight is 320 g/mol. The lowest BCUT2D eigenvalue weighted by molar-refractivity contribution is 0.0951. The lowest BCUT2D eigenvalue weighted by Crippen LogP contribution is -2.23. The fraction of sp³-hybridized carbons (Fsp3) is 0.235. The van der Waals surface area contributed by atoms with Crippen molar-refractivity contribution in [3.05, 3.63) is 64.2 Å². The molecule has 2 rings (SSSR count). The van der Waals surface area contributed by atoms with Crippen LogP contribution in [0.2, 0.25) is 5.02 Å². The molecule has 0 aliphatic rings. The summed E-state index contributed by atoms with van der Waals surface area (Å²) >= 11 is 10.3. The number of amides is 1. The second-order valence-corrected chi connectivity index (χ2v) is 6.17. The van der Waals surface area contributed by atoms with Crippen molar-refractivity contribution >= 4 is 30.1 Å². The Morgan fingerprint density at radius 3 is 2.48 bits per heavy atom. The van der Waals surface area contributed by atoms with Crippen molar-refractivity contribution < 1.29 is 4.79 Å². The first-order valence-electron chi connectivity index (χ1n) is 6.83. The Morgan fingerprint density at radius 2 is 1.86 bits per heavy atom. The molecular weight excluding hydrogens is 302 g/mol. The normalized spacial score (nSPS) is 10.7. The number of nitrogens with one attached hydrogen (secondary N) is 1. The van der Waals surface area contributed by atoms with Crippen LogP contribution >= 0.6 is 24.2 Å². The van der Waals surface area contributed by atoms with Crippen LogP contribution in [0.25, 0.3) is 0 Å². The monoisotopic (exact) mass is 319 g/mol. The van der Waals surface area contributed by atoms with Crippen LogP contribution in [0.5, 0.6) is 0 Å². The number of carbonyl (C=O) groups excluding carboxylic acids is 1. The molecule has 0 saturated carbocycles. The van der Waals surface area contributed by atoms with Gasteiger partial charge < -0.3 is 5.32 Å². The molecule has 0 unspecified atom stereocenters. The maximum Gasteiger partial charge on any atom is 0.253 e. The SMILES string of the molecule is CC(C)c1ccc(CNC(=O)c2cc(S)ccc2Cl)cc1. The fourth-order valence-electron chi connectivity index (χ4n) is 1.99. The van der Waals surface area contributed by atoms with Gasteiger partial charge in [-0.1, -0.05) is 49.7 Å². The Balaban J connectivity index is 2.02. The zero-order valence-electron chi connectivity index (χ0n) is 12.1. The molecule has 0 heterocycles. The Labute approximate surface area is 135 Å². The first kappa shape index (κ1) is 15.9. The highest BCUT2D eigenvalue weighted by Crippen LogP contribution is 2.20. The molecule has 2 aromatic rings. The van der Waals surface area contributed by atoms with Gasteiger partial charge in [0.2, 0.25) is 0 Å². The van der Waals surface area contributed by atoms with Gasteiger partial charge in [0.15, 0.2) is 0 Å². The van der Waals surface area contributed by atoms with E-state index in [1.54, 1.807) is 18.2 Å². The molecule has 2 aromatic carbocycles. The molecule has 0 saturated heterocycles. The molecule has 0 aromatic heterocycles. The Hall–Kier alpha value is -1.45. The Kier molecular flexibility index (Phi) is 5.32. The van der Waals surface area contributed by atoms with Gasteiger partial charge in [-0.2, -0.15) is 0 Å². The highest BCUT2D eigenvalue weighted by Gasteiger charge is 2.10. The molecule has 0 atom stereocenters. The molecule has 21 heavy (non-hydrogen) atoms. The van der Waals surface area contributed by atoms with E-state index in [1.165, 1.54) is 5.56 Å². The van der Waals surface area contributed by atoms with Gasteiger partial charge >= 0.3 is 0 Å². The topological polar surface area (TPSA) is 29.1 Å². The van der Waals surface area contributed by atoms with Crippen molar-refractivity contribution in [1.29, 1.82) is 0 Å². The average Bonchev–Trinajstić information content (AvgIpc) is 2.47. The lowest BCUT2D eigenvalue weighted by atomic mass is 10.0. The van der Waals surface area contributed by atoms with Gasteiger partial charge in [0.05, 0.1) is 10.6 Å². The molecule has 4 heteroatoms. The number of rotatable bonds is 4. The van der Waals surface area contributed by atoms with Crippen LogP contribution in [0.3, 0.4) is 0 Å². The summed E-state index contributed by atoms with van der Waals surface area (Å²) in [7, 11) is 0. The summed E-state index contributed by atoms with van der Waals surface area (Å²) in [6.07, 6.45) is 0. The number of thiol groups is 1. The van der Waals surface area contributed by atoms with Crippen molar-refractivity contribution in [2.45, 2.75) is 31.2 Å². The molecule has 2 nitrogen and oxygen atoms in total. The van der Waals surface area contributed by atoms with E-state index in [1.807, 2.05) is 12.1 Å². The van der Waals surface area contributed by atoms with Crippen molar-refractivity contribution in [3.63, 3.8) is 0 Å². The molecule has 1 amide bonds. The van der Waals surface area contributed by atoms with Gasteiger partial charge in [0.25, 0.3) is 5.91 Å². The van der Waals surface area contributed by atoms with Crippen LogP contribution in [-0.4, -0.2) is 5.91 Å². The third-order valence-electron chi connectivity index (χ3n) is 3.29. The summed E-state index contributed by atoms with van der Waals surface area (Å²) in [6.45, 7) is 4.79. The molecule has 0 aliphatic heterocycles. The van der Waals surface area contributed by atoms with E-state index in [0.29, 0.717) is 27.9 Å². The van der Waals surface area contributed by atoms with Gasteiger partial charge in [0, 0.05) is 11.4 Å². The van der Waals surface area contributed by atoms with E-state index in [-0.39, 0.29) is 5.91 Å². The molecule has 110 valence electrons. The number of halogens is 1. The van der Waals surface area contributed by atoms with Gasteiger partial charge in [-0.25, -0.2) is 0 Å². The second-order valence-electron chi connectivity index (χ2n) is 5.24. The van der Waals surface area contributed by atoms with E-state index < -0.39 is 0 Å². The highest BCUT2D eigenvalue weighted by molar-refractivity contribution is 7.80. The van der Waals surface area contributed by atoms with Crippen LogP contribution in [0.1, 0.15) is 41.3 Å². The minimum absolute atomic E-state index is 0.191. The molecule has 0 fully saturated rings. The number of benzene rings is 2. The van der Waals surface area contributed by atoms with Crippen molar-refractivity contribution in [1.82, 2.24) is 5.32 Å². The highest BCUT2D eigenvalue weighted by atomic mass is 35.5. The van der Waals surface area contributed by atoms with Crippen molar-refractivity contribution in [2.24, 2.45) is 0 Å². The quantitative estimate of drug-likeness (QED) is 0.787. The van der Waals surface area contributed by atoms with Crippen molar-refractivity contribution in [2.75, 3.05) is 0 Å². The van der Waals surface area contributed by atoms with E-state index >= 15 is 0 Å². The van der Waals surface area contributed by atoms with Crippen LogP contribution in [0.15, 0.2) is 47.4 Å². The minimum atomic E-state index is -0.191. The largest absolute Gasteiger partial charge is 0.348 e. The van der Waals surface area contributed by atoms with Crippen LogP contribution in [-0.2, 0) is 6.54 Å². The van der Waals surface area contributed by atoms with Gasteiger partial charge in [-0.3, -0.25) is 4.79 Å². The number of hydrogen-bond donors (Lipinski definition) is 2. The summed E-state index contributed by atoms with van der Waals surface area (Å²) in [5.74, 6) is 0.314. The first-order valence-corrected chi connectivity index (χ1v) is 7.65. The standard InChI is InChI=1S/C17H18ClNOS/c1-11(2)13-5-3-12(4-6-13)10-19-17(20)15-9-14(21)7-8-16(15)18/h3-9,11,21H,10H2,1-2H3,(H,19,20). The predicted octanol–water partition coefficient (Wildman–Crippen LogP) is 4.68. The molecular formula is C17H18ClNOS. The summed E-state index contributed by atoms with van der Waals surface area (Å²) in [5, 5.41) is 3.31. The second kappa shape index (κ2) is 7.01. The number of carbonyl (C=O) groups is 1. The van der Waals surface area contributed by atoms with E-state index in [2.05, 4.69) is 43.9 Å². The molecule has 0 radical (unpaired) electrons. The molecule has 0 aliphatic carbocycles. The maximum atomic E-state index is 12.1. The predicted molar refractivity (Wildman–Crippen MR) is 90.4 cm³/mol. The third-order valence-corrected chi connectivity index (χ3v) is 3.90. The molecule has 0 spiro atoms. The zero-order valence-corrected chi connectivity index (χ0v) is 13.7. The first-order chi connectivity index (χ1) is 9.97. The van der Waals surface area contributed by atoms with Crippen LogP contribution in [0.4, 0.5) is 0 Å². The number of hydrogen-bond acceptors (Lipinski definition) is 2. The van der Waals surface area contributed by atoms with E-state index in [4.69, 9.17) is 11.6 Å². The Morgan fingerprint density at radius 1 is 1.19 bits per heavy atom. The smallest absolute Gasteiger partial charge is 0.253 e. The van der Waals surface area contributed by atoms with E-state index in [9.17, 15) is 4.79 Å². The van der Waals surface area contributed by atoms with Gasteiger partial charge in [0.1, 0.15) is 0 Å². The molecule has 1 N–H and O–H groups in total.